The molecular formula is C14H22N2. The molecule has 2 nitrogen and oxygen atoms in total. The summed E-state index contributed by atoms with van der Waals surface area (Å²) >= 11 is 0. The van der Waals surface area contributed by atoms with E-state index < -0.39 is 0 Å². The summed E-state index contributed by atoms with van der Waals surface area (Å²) in [7, 11) is 0. The zero-order chi connectivity index (χ0) is 11.5. The minimum atomic E-state index is 0.625. The molecule has 1 aliphatic rings. The van der Waals surface area contributed by atoms with Crippen molar-refractivity contribution < 1.29 is 0 Å². The third kappa shape index (κ3) is 2.75. The van der Waals surface area contributed by atoms with Crippen LogP contribution in [0, 0.1) is 18.8 Å². The van der Waals surface area contributed by atoms with E-state index in [-0.39, 0.29) is 0 Å². The van der Waals surface area contributed by atoms with Crippen LogP contribution in [0.1, 0.15) is 38.7 Å². The van der Waals surface area contributed by atoms with Crippen molar-refractivity contribution in [1.29, 1.82) is 0 Å². The number of aryl methyl sites for hydroxylation is 1. The topological polar surface area (TPSA) is 24.9 Å². The first-order valence-electron chi connectivity index (χ1n) is 6.33. The van der Waals surface area contributed by atoms with Crippen molar-refractivity contribution in [2.45, 2.75) is 46.1 Å². The molecule has 1 N–H and O–H groups in total. The van der Waals surface area contributed by atoms with Gasteiger partial charge in [-0.15, -0.1) is 0 Å². The Morgan fingerprint density at radius 3 is 2.75 bits per heavy atom. The van der Waals surface area contributed by atoms with Gasteiger partial charge in [0.2, 0.25) is 0 Å². The number of aromatic nitrogens is 1. The van der Waals surface area contributed by atoms with E-state index in [2.05, 4.69) is 37.1 Å². The quantitative estimate of drug-likeness (QED) is 0.820. The lowest BCUT2D eigenvalue weighted by Crippen LogP contribution is -2.33. The highest BCUT2D eigenvalue weighted by Crippen LogP contribution is 2.30. The normalized spacial score (nSPS) is 30.1. The first kappa shape index (κ1) is 11.4. The molecule has 0 saturated heterocycles. The van der Waals surface area contributed by atoms with Crippen molar-refractivity contribution in [2.75, 3.05) is 5.32 Å². The molecule has 0 amide bonds. The van der Waals surface area contributed by atoms with Crippen LogP contribution >= 0.6 is 0 Å². The Morgan fingerprint density at radius 1 is 1.25 bits per heavy atom. The SMILES string of the molecule is Cc1cncc(NC2CCC(C)CC2C)c1. The van der Waals surface area contributed by atoms with E-state index in [4.69, 9.17) is 0 Å². The van der Waals surface area contributed by atoms with Crippen LogP contribution in [0.4, 0.5) is 5.69 Å². The van der Waals surface area contributed by atoms with E-state index in [9.17, 15) is 0 Å². The Hall–Kier alpha value is -1.05. The summed E-state index contributed by atoms with van der Waals surface area (Å²) in [6, 6.07) is 2.80. The van der Waals surface area contributed by atoms with E-state index in [0.29, 0.717) is 6.04 Å². The molecule has 1 heterocycles. The smallest absolute Gasteiger partial charge is 0.0531 e. The van der Waals surface area contributed by atoms with Gasteiger partial charge in [-0.05, 0) is 49.7 Å². The van der Waals surface area contributed by atoms with Crippen LogP contribution in [0.5, 0.6) is 0 Å². The predicted octanol–water partition coefficient (Wildman–Crippen LogP) is 3.63. The highest BCUT2D eigenvalue weighted by atomic mass is 14.9. The molecule has 0 bridgehead atoms. The Kier molecular flexibility index (Phi) is 3.47. The fraction of sp³-hybridized carbons (Fsp3) is 0.643. The molecule has 0 spiro atoms. The summed E-state index contributed by atoms with van der Waals surface area (Å²) in [4.78, 5) is 4.23. The second-order valence-corrected chi connectivity index (χ2v) is 5.40. The number of hydrogen-bond donors (Lipinski definition) is 1. The van der Waals surface area contributed by atoms with Crippen molar-refractivity contribution in [3.8, 4) is 0 Å². The van der Waals surface area contributed by atoms with Gasteiger partial charge >= 0.3 is 0 Å². The number of hydrogen-bond acceptors (Lipinski definition) is 2. The molecule has 0 aliphatic heterocycles. The first-order chi connectivity index (χ1) is 7.65. The molecule has 1 fully saturated rings. The van der Waals surface area contributed by atoms with Crippen LogP contribution in [-0.2, 0) is 0 Å². The molecule has 1 aliphatic carbocycles. The summed E-state index contributed by atoms with van der Waals surface area (Å²) in [6.45, 7) is 6.81. The van der Waals surface area contributed by atoms with Crippen LogP contribution in [0.2, 0.25) is 0 Å². The Balaban J connectivity index is 1.99. The maximum absolute atomic E-state index is 4.23. The standard InChI is InChI=1S/C14H22N2/c1-10-4-5-14(12(3)6-10)16-13-7-11(2)8-15-9-13/h7-10,12,14,16H,4-6H2,1-3H3. The largest absolute Gasteiger partial charge is 0.381 e. The molecule has 0 radical (unpaired) electrons. The maximum atomic E-state index is 4.23. The third-order valence-corrected chi connectivity index (χ3v) is 3.66. The molecule has 1 aromatic heterocycles. The van der Waals surface area contributed by atoms with E-state index >= 15 is 0 Å². The molecule has 3 unspecified atom stereocenters. The molecule has 88 valence electrons. The van der Waals surface area contributed by atoms with Crippen molar-refractivity contribution in [2.24, 2.45) is 11.8 Å². The minimum Gasteiger partial charge on any atom is -0.381 e. The van der Waals surface area contributed by atoms with Gasteiger partial charge in [-0.1, -0.05) is 13.8 Å². The third-order valence-electron chi connectivity index (χ3n) is 3.66. The van der Waals surface area contributed by atoms with Crippen LogP contribution in [0.3, 0.4) is 0 Å². The number of pyridine rings is 1. The lowest BCUT2D eigenvalue weighted by atomic mass is 9.80. The summed E-state index contributed by atoms with van der Waals surface area (Å²) in [5.74, 6) is 1.66. The fourth-order valence-corrected chi connectivity index (χ4v) is 2.73. The second kappa shape index (κ2) is 4.86. The van der Waals surface area contributed by atoms with Crippen molar-refractivity contribution in [1.82, 2.24) is 4.98 Å². The van der Waals surface area contributed by atoms with Gasteiger partial charge in [-0.2, -0.15) is 0 Å². The minimum absolute atomic E-state index is 0.625. The van der Waals surface area contributed by atoms with E-state index in [1.165, 1.54) is 30.5 Å². The van der Waals surface area contributed by atoms with Gasteiger partial charge in [0.15, 0.2) is 0 Å². The number of nitrogens with zero attached hydrogens (tertiary/aromatic N) is 1. The molecular weight excluding hydrogens is 196 g/mol. The molecule has 1 aromatic rings. The number of rotatable bonds is 2. The average molecular weight is 218 g/mol. The Bertz CT molecular complexity index is 348. The molecule has 2 heteroatoms. The lowest BCUT2D eigenvalue weighted by Gasteiger charge is -2.33. The highest BCUT2D eigenvalue weighted by molar-refractivity contribution is 5.43. The Morgan fingerprint density at radius 2 is 2.06 bits per heavy atom. The van der Waals surface area contributed by atoms with Gasteiger partial charge in [0.1, 0.15) is 0 Å². The molecule has 0 aromatic carbocycles. The van der Waals surface area contributed by atoms with Crippen molar-refractivity contribution in [3.63, 3.8) is 0 Å². The van der Waals surface area contributed by atoms with Crippen LogP contribution in [0.15, 0.2) is 18.5 Å². The van der Waals surface area contributed by atoms with E-state index in [0.717, 1.165) is 11.8 Å². The fourth-order valence-electron chi connectivity index (χ4n) is 2.73. The number of nitrogens with one attached hydrogen (secondary N) is 1. The highest BCUT2D eigenvalue weighted by Gasteiger charge is 2.24. The van der Waals surface area contributed by atoms with E-state index in [1.54, 1.807) is 0 Å². The van der Waals surface area contributed by atoms with Gasteiger partial charge in [-0.25, -0.2) is 0 Å². The predicted molar refractivity (Wildman–Crippen MR) is 68.6 cm³/mol. The maximum Gasteiger partial charge on any atom is 0.0531 e. The van der Waals surface area contributed by atoms with Crippen LogP contribution in [0.25, 0.3) is 0 Å². The van der Waals surface area contributed by atoms with Gasteiger partial charge < -0.3 is 5.32 Å². The summed E-state index contributed by atoms with van der Waals surface area (Å²) in [5, 5.41) is 3.63. The molecule has 1 saturated carbocycles. The van der Waals surface area contributed by atoms with Gasteiger partial charge in [0, 0.05) is 18.4 Å². The molecule has 16 heavy (non-hydrogen) atoms. The number of anilines is 1. The molecule has 2 rings (SSSR count). The molecule has 3 atom stereocenters. The Labute approximate surface area is 98.5 Å². The summed E-state index contributed by atoms with van der Waals surface area (Å²) in [6.07, 6.45) is 7.81. The lowest BCUT2D eigenvalue weighted by molar-refractivity contribution is 0.276. The summed E-state index contributed by atoms with van der Waals surface area (Å²) < 4.78 is 0. The second-order valence-electron chi connectivity index (χ2n) is 5.40. The van der Waals surface area contributed by atoms with Crippen molar-refractivity contribution in [3.05, 3.63) is 24.0 Å². The van der Waals surface area contributed by atoms with E-state index in [1.807, 2.05) is 12.4 Å². The van der Waals surface area contributed by atoms with Crippen molar-refractivity contribution >= 4 is 5.69 Å². The zero-order valence-electron chi connectivity index (χ0n) is 10.5. The summed E-state index contributed by atoms with van der Waals surface area (Å²) in [5.41, 5.74) is 2.40. The average Bonchev–Trinajstić information content (AvgIpc) is 2.22. The zero-order valence-corrected chi connectivity index (χ0v) is 10.5. The van der Waals surface area contributed by atoms with Gasteiger partial charge in [-0.3, -0.25) is 4.98 Å². The van der Waals surface area contributed by atoms with Gasteiger partial charge in [0.05, 0.1) is 5.69 Å². The first-order valence-corrected chi connectivity index (χ1v) is 6.33. The monoisotopic (exact) mass is 218 g/mol. The van der Waals surface area contributed by atoms with Crippen LogP contribution < -0.4 is 5.32 Å². The van der Waals surface area contributed by atoms with Crippen LogP contribution in [-0.4, -0.2) is 11.0 Å². The van der Waals surface area contributed by atoms with Gasteiger partial charge in [0.25, 0.3) is 0 Å².